The van der Waals surface area contributed by atoms with Crippen molar-refractivity contribution in [3.8, 4) is 11.3 Å². The Kier molecular flexibility index (Phi) is 7.18. The highest BCUT2D eigenvalue weighted by atomic mass is 19.1. The fourth-order valence-corrected chi connectivity index (χ4v) is 4.07. The normalized spacial score (nSPS) is 13.8. The van der Waals surface area contributed by atoms with Gasteiger partial charge in [-0.1, -0.05) is 26.8 Å². The van der Waals surface area contributed by atoms with Crippen molar-refractivity contribution in [3.63, 3.8) is 0 Å². The van der Waals surface area contributed by atoms with Crippen LogP contribution >= 0.6 is 0 Å². The van der Waals surface area contributed by atoms with Crippen LogP contribution in [0, 0.1) is 11.6 Å². The molecule has 2 atom stereocenters. The van der Waals surface area contributed by atoms with Crippen LogP contribution in [-0.2, 0) is 12.0 Å². The molecule has 188 valence electrons. The van der Waals surface area contributed by atoms with E-state index in [1.54, 1.807) is 12.3 Å². The summed E-state index contributed by atoms with van der Waals surface area (Å²) in [6.07, 6.45) is 3.09. The lowest BCUT2D eigenvalue weighted by atomic mass is 9.76. The summed E-state index contributed by atoms with van der Waals surface area (Å²) in [6.45, 7) is 8.37. The number of hydrogen-bond acceptors (Lipinski definition) is 7. The van der Waals surface area contributed by atoms with E-state index in [4.69, 9.17) is 4.98 Å². The van der Waals surface area contributed by atoms with Crippen molar-refractivity contribution < 1.29 is 8.78 Å². The third-order valence-electron chi connectivity index (χ3n) is 6.60. The second-order valence-electron chi connectivity index (χ2n) is 8.87. The maximum atomic E-state index is 14.5. The van der Waals surface area contributed by atoms with Gasteiger partial charge in [0.25, 0.3) is 0 Å². The van der Waals surface area contributed by atoms with Gasteiger partial charge in [0.2, 0.25) is 5.95 Å². The summed E-state index contributed by atoms with van der Waals surface area (Å²) in [5.41, 5.74) is 1.18. The van der Waals surface area contributed by atoms with Crippen molar-refractivity contribution in [3.05, 3.63) is 81.4 Å². The highest BCUT2D eigenvalue weighted by Gasteiger charge is 2.35. The van der Waals surface area contributed by atoms with Crippen LogP contribution in [0.1, 0.15) is 69.2 Å². The molecule has 0 aliphatic heterocycles. The second kappa shape index (κ2) is 10.3. The number of rotatable bonds is 9. The topological polar surface area (TPSA) is 125 Å². The Balaban J connectivity index is 1.75. The first kappa shape index (κ1) is 25.1. The molecule has 4 aromatic rings. The molecule has 0 aliphatic carbocycles. The van der Waals surface area contributed by atoms with Gasteiger partial charge in [0.1, 0.15) is 17.5 Å². The van der Waals surface area contributed by atoms with Gasteiger partial charge in [0.05, 0.1) is 34.6 Å². The summed E-state index contributed by atoms with van der Waals surface area (Å²) in [4.78, 5) is 22.8. The molecule has 36 heavy (non-hydrogen) atoms. The van der Waals surface area contributed by atoms with E-state index >= 15 is 0 Å². The number of hydrogen-bond donors (Lipinski definition) is 3. The van der Waals surface area contributed by atoms with E-state index in [9.17, 15) is 13.6 Å². The van der Waals surface area contributed by atoms with E-state index in [1.165, 1.54) is 18.2 Å². The van der Waals surface area contributed by atoms with Gasteiger partial charge in [0, 0.05) is 6.20 Å². The lowest BCUT2D eigenvalue weighted by Crippen LogP contribution is -2.29. The number of nitrogens with zero attached hydrogens (tertiary/aromatic N) is 5. The van der Waals surface area contributed by atoms with Crippen LogP contribution in [0.2, 0.25) is 0 Å². The van der Waals surface area contributed by atoms with E-state index < -0.39 is 22.7 Å². The van der Waals surface area contributed by atoms with Gasteiger partial charge in [-0.25, -0.2) is 28.6 Å². The van der Waals surface area contributed by atoms with Crippen LogP contribution in [0.15, 0.2) is 41.3 Å². The molecular weight excluding hydrogens is 466 g/mol. The Hall–Kier alpha value is -4.02. The summed E-state index contributed by atoms with van der Waals surface area (Å²) in [6, 6.07) is 7.30. The largest absolute Gasteiger partial charge is 0.347 e. The number of aromatic amines is 2. The van der Waals surface area contributed by atoms with Gasteiger partial charge in [-0.2, -0.15) is 10.2 Å². The van der Waals surface area contributed by atoms with Crippen LogP contribution in [0.4, 0.5) is 14.7 Å². The summed E-state index contributed by atoms with van der Waals surface area (Å²) >= 11 is 0. The molecule has 0 spiro atoms. The Morgan fingerprint density at radius 2 is 1.89 bits per heavy atom. The lowest BCUT2D eigenvalue weighted by molar-refractivity contribution is 0.495. The molecule has 0 fully saturated rings. The molecular formula is C25H28F2N8O. The molecule has 9 nitrogen and oxygen atoms in total. The number of benzene rings is 1. The molecule has 0 aliphatic rings. The van der Waals surface area contributed by atoms with Gasteiger partial charge in [0.15, 0.2) is 0 Å². The molecule has 0 radical (unpaired) electrons. The molecule has 11 heteroatoms. The molecule has 3 aromatic heterocycles. The Bertz CT molecular complexity index is 1400. The molecule has 3 N–H and O–H groups in total. The number of halogens is 2. The number of anilines is 1. The zero-order valence-corrected chi connectivity index (χ0v) is 20.6. The maximum Gasteiger partial charge on any atom is 0.340 e. The van der Waals surface area contributed by atoms with Gasteiger partial charge < -0.3 is 5.32 Å². The number of aromatic nitrogens is 7. The number of nitrogens with one attached hydrogen (secondary N) is 3. The molecule has 0 saturated carbocycles. The number of H-pyrrole nitrogens is 2. The van der Waals surface area contributed by atoms with Gasteiger partial charge in [-0.05, 0) is 55.5 Å². The van der Waals surface area contributed by atoms with Crippen LogP contribution in [0.3, 0.4) is 0 Å². The van der Waals surface area contributed by atoms with Crippen molar-refractivity contribution in [2.75, 3.05) is 5.32 Å². The van der Waals surface area contributed by atoms with Crippen LogP contribution in [0.25, 0.3) is 11.3 Å². The van der Waals surface area contributed by atoms with E-state index in [0.29, 0.717) is 29.6 Å². The van der Waals surface area contributed by atoms with Crippen LogP contribution in [-0.4, -0.2) is 35.3 Å². The van der Waals surface area contributed by atoms with E-state index in [2.05, 4.69) is 42.6 Å². The molecule has 3 heterocycles. The first-order valence-corrected chi connectivity index (χ1v) is 11.8. The highest BCUT2D eigenvalue weighted by molar-refractivity contribution is 5.62. The summed E-state index contributed by atoms with van der Waals surface area (Å²) in [7, 11) is 0. The highest BCUT2D eigenvalue weighted by Crippen LogP contribution is 2.39. The lowest BCUT2D eigenvalue weighted by Gasteiger charge is -2.30. The fourth-order valence-electron chi connectivity index (χ4n) is 4.07. The minimum atomic E-state index is -0.685. The van der Waals surface area contributed by atoms with Crippen LogP contribution in [0.5, 0.6) is 0 Å². The zero-order chi connectivity index (χ0) is 25.9. The van der Waals surface area contributed by atoms with Crippen molar-refractivity contribution in [2.45, 2.75) is 58.4 Å². The minimum Gasteiger partial charge on any atom is -0.347 e. The third-order valence-corrected chi connectivity index (χ3v) is 6.60. The predicted octanol–water partition coefficient (Wildman–Crippen LogP) is 4.46. The molecule has 1 aromatic carbocycles. The van der Waals surface area contributed by atoms with Crippen LogP contribution < -0.4 is 11.0 Å². The SMILES string of the molecule is CC[C@H](C)c1cc(-c2c(F)cccc2F)nnc1[C@@](C)(CC)c1ccnc(NCc2n[nH]c(=O)[nH]2)n1. The summed E-state index contributed by atoms with van der Waals surface area (Å²) in [5, 5.41) is 18.0. The van der Waals surface area contributed by atoms with Crippen molar-refractivity contribution in [1.82, 2.24) is 35.3 Å². The first-order valence-electron chi connectivity index (χ1n) is 11.8. The van der Waals surface area contributed by atoms with E-state index in [-0.39, 0.29) is 23.7 Å². The summed E-state index contributed by atoms with van der Waals surface area (Å²) < 4.78 is 29.0. The quantitative estimate of drug-likeness (QED) is 0.314. The first-order chi connectivity index (χ1) is 17.3. The average Bonchev–Trinajstić information content (AvgIpc) is 3.31. The fraction of sp³-hybridized carbons (Fsp3) is 0.360. The summed E-state index contributed by atoms with van der Waals surface area (Å²) in [5.74, 6) is -0.525. The monoisotopic (exact) mass is 494 g/mol. The van der Waals surface area contributed by atoms with Crippen molar-refractivity contribution >= 4 is 5.95 Å². The average molecular weight is 495 g/mol. The van der Waals surface area contributed by atoms with Crippen molar-refractivity contribution in [1.29, 1.82) is 0 Å². The molecule has 0 amide bonds. The Morgan fingerprint density at radius 1 is 1.14 bits per heavy atom. The van der Waals surface area contributed by atoms with Gasteiger partial charge in [-0.3, -0.25) is 4.98 Å². The molecule has 0 bridgehead atoms. The van der Waals surface area contributed by atoms with E-state index in [0.717, 1.165) is 12.0 Å². The van der Waals surface area contributed by atoms with Crippen molar-refractivity contribution in [2.24, 2.45) is 0 Å². The molecule has 4 rings (SSSR count). The Morgan fingerprint density at radius 3 is 2.53 bits per heavy atom. The van der Waals surface area contributed by atoms with Gasteiger partial charge in [-0.15, -0.1) is 5.10 Å². The Labute approximate surface area is 206 Å². The smallest absolute Gasteiger partial charge is 0.340 e. The third kappa shape index (κ3) is 4.86. The molecule has 0 unspecified atom stereocenters. The zero-order valence-electron chi connectivity index (χ0n) is 20.6. The van der Waals surface area contributed by atoms with Gasteiger partial charge >= 0.3 is 5.69 Å². The standard InChI is InChI=1S/C25H28F2N8O/c1-5-14(3)15-12-18(21-16(26)8-7-9-17(21)27)32-34-22(15)25(4,6-2)19-10-11-28-23(30-19)29-13-20-31-24(36)35-33-20/h7-12,14H,5-6,13H2,1-4H3,(H,28,29,30)(H2,31,33,35,36)/t14-,25-/m0/s1. The predicted molar refractivity (Wildman–Crippen MR) is 131 cm³/mol. The second-order valence-corrected chi connectivity index (χ2v) is 8.87. The minimum absolute atomic E-state index is 0.0610. The maximum absolute atomic E-state index is 14.5. The van der Waals surface area contributed by atoms with E-state index in [1.807, 2.05) is 26.8 Å². The molecule has 0 saturated heterocycles.